The van der Waals surface area contributed by atoms with Crippen LogP contribution >= 0.6 is 11.6 Å². The van der Waals surface area contributed by atoms with Gasteiger partial charge in [0.1, 0.15) is 5.65 Å². The number of rotatable bonds is 6. The average molecular weight is 313 g/mol. The fraction of sp³-hybridized carbons (Fsp3) is 0.333. The highest BCUT2D eigenvalue weighted by atomic mass is 35.5. The zero-order valence-corrected chi connectivity index (χ0v) is 12.2. The first-order valence-electron chi connectivity index (χ1n) is 6.05. The largest absolute Gasteiger partial charge is 0.288 e. The predicted octanol–water partition coefficient (Wildman–Crippen LogP) is 1.96. The summed E-state index contributed by atoms with van der Waals surface area (Å²) in [6, 6.07) is 7.15. The molecule has 0 aliphatic rings. The minimum atomic E-state index is -3.73. The van der Waals surface area contributed by atoms with Crippen LogP contribution in [0, 0.1) is 11.3 Å². The Morgan fingerprint density at radius 2 is 2.20 bits per heavy atom. The van der Waals surface area contributed by atoms with Crippen LogP contribution in [0.4, 0.5) is 0 Å². The third-order valence-electron chi connectivity index (χ3n) is 2.71. The third-order valence-corrected chi connectivity index (χ3v) is 4.57. The Morgan fingerprint density at radius 3 is 2.95 bits per heavy atom. The molecule has 0 bridgehead atoms. The molecule has 20 heavy (non-hydrogen) atoms. The summed E-state index contributed by atoms with van der Waals surface area (Å²) < 4.78 is 28.4. The molecule has 0 radical (unpaired) electrons. The van der Waals surface area contributed by atoms with Crippen molar-refractivity contribution in [1.82, 2.24) is 14.1 Å². The van der Waals surface area contributed by atoms with Gasteiger partial charge in [-0.1, -0.05) is 17.7 Å². The number of nitrogens with one attached hydrogen (secondary N) is 1. The van der Waals surface area contributed by atoms with Crippen LogP contribution in [-0.2, 0) is 10.0 Å². The van der Waals surface area contributed by atoms with Gasteiger partial charge in [0.05, 0.1) is 6.07 Å². The number of nitrogens with zero attached hydrogens (tertiary/aromatic N) is 3. The molecule has 1 N–H and O–H groups in total. The van der Waals surface area contributed by atoms with E-state index in [4.69, 9.17) is 16.9 Å². The molecular weight excluding hydrogens is 300 g/mol. The van der Waals surface area contributed by atoms with Crippen LogP contribution in [0.15, 0.2) is 29.4 Å². The van der Waals surface area contributed by atoms with Gasteiger partial charge in [0.15, 0.2) is 10.2 Å². The van der Waals surface area contributed by atoms with Crippen molar-refractivity contribution in [2.45, 2.75) is 24.3 Å². The SMILES string of the molecule is N#CCCCCNS(=O)(=O)c1c(Cl)nc2ccccn12. The number of pyridine rings is 1. The maximum Gasteiger partial charge on any atom is 0.259 e. The molecule has 2 rings (SSSR count). The van der Waals surface area contributed by atoms with Gasteiger partial charge in [-0.2, -0.15) is 5.26 Å². The number of unbranched alkanes of at least 4 members (excludes halogenated alkanes) is 2. The summed E-state index contributed by atoms with van der Waals surface area (Å²) in [4.78, 5) is 4.00. The van der Waals surface area contributed by atoms with Crippen LogP contribution < -0.4 is 4.72 Å². The van der Waals surface area contributed by atoms with Gasteiger partial charge in [0.2, 0.25) is 0 Å². The molecule has 2 aromatic rings. The first-order valence-corrected chi connectivity index (χ1v) is 7.91. The topological polar surface area (TPSA) is 87.3 Å². The Bertz CT molecular complexity index is 748. The summed E-state index contributed by atoms with van der Waals surface area (Å²) >= 11 is 5.92. The van der Waals surface area contributed by atoms with Crippen LogP contribution in [0.5, 0.6) is 0 Å². The van der Waals surface area contributed by atoms with E-state index in [0.717, 1.165) is 0 Å². The van der Waals surface area contributed by atoms with Gasteiger partial charge in [-0.05, 0) is 25.0 Å². The first kappa shape index (κ1) is 14.8. The van der Waals surface area contributed by atoms with E-state index in [-0.39, 0.29) is 16.7 Å². The highest BCUT2D eigenvalue weighted by molar-refractivity contribution is 7.89. The van der Waals surface area contributed by atoms with Crippen molar-refractivity contribution in [2.75, 3.05) is 6.54 Å². The van der Waals surface area contributed by atoms with Crippen LogP contribution in [0.2, 0.25) is 5.15 Å². The van der Waals surface area contributed by atoms with Gasteiger partial charge in [-0.3, -0.25) is 4.40 Å². The molecular formula is C12H13ClN4O2S. The van der Waals surface area contributed by atoms with Crippen molar-refractivity contribution < 1.29 is 8.42 Å². The summed E-state index contributed by atoms with van der Waals surface area (Å²) in [6.45, 7) is 0.264. The van der Waals surface area contributed by atoms with Crippen molar-refractivity contribution in [3.63, 3.8) is 0 Å². The molecule has 2 heterocycles. The Hall–Kier alpha value is -1.62. The maximum absolute atomic E-state index is 12.2. The molecule has 0 saturated heterocycles. The van der Waals surface area contributed by atoms with Crippen LogP contribution in [0.1, 0.15) is 19.3 Å². The second-order valence-corrected chi connectivity index (χ2v) is 6.19. The van der Waals surface area contributed by atoms with Gasteiger partial charge in [0.25, 0.3) is 10.0 Å². The number of sulfonamides is 1. The fourth-order valence-corrected chi connectivity index (χ4v) is 3.50. The average Bonchev–Trinajstić information content (AvgIpc) is 2.75. The monoisotopic (exact) mass is 312 g/mol. The number of halogens is 1. The minimum absolute atomic E-state index is 0.0549. The van der Waals surface area contributed by atoms with Crippen molar-refractivity contribution in [3.05, 3.63) is 29.5 Å². The van der Waals surface area contributed by atoms with Crippen molar-refractivity contribution in [3.8, 4) is 6.07 Å². The molecule has 2 aromatic heterocycles. The van der Waals surface area contributed by atoms with E-state index in [1.165, 1.54) is 4.40 Å². The Kier molecular flexibility index (Phi) is 4.60. The summed E-state index contributed by atoms with van der Waals surface area (Å²) in [5.41, 5.74) is 0.474. The van der Waals surface area contributed by atoms with E-state index >= 15 is 0 Å². The number of nitriles is 1. The normalized spacial score (nSPS) is 11.6. The molecule has 106 valence electrons. The summed E-state index contributed by atoms with van der Waals surface area (Å²) in [6.07, 6.45) is 3.26. The molecule has 0 amide bonds. The summed E-state index contributed by atoms with van der Waals surface area (Å²) in [7, 11) is -3.73. The van der Waals surface area contributed by atoms with E-state index in [0.29, 0.717) is 24.9 Å². The number of aromatic nitrogens is 2. The molecule has 0 saturated carbocycles. The van der Waals surface area contributed by atoms with E-state index in [2.05, 4.69) is 9.71 Å². The molecule has 8 heteroatoms. The highest BCUT2D eigenvalue weighted by Crippen LogP contribution is 2.22. The number of hydrogen-bond acceptors (Lipinski definition) is 4. The standard InChI is InChI=1S/C12H13ClN4O2S/c13-11-12(17-9-5-2-6-10(17)16-11)20(18,19)15-8-4-1-3-7-14/h2,5-6,9,15H,1,3-4,8H2. The van der Waals surface area contributed by atoms with Crippen LogP contribution in [0.25, 0.3) is 5.65 Å². The molecule has 0 aromatic carbocycles. The molecule has 0 aliphatic carbocycles. The smallest absolute Gasteiger partial charge is 0.259 e. The van der Waals surface area contributed by atoms with E-state index in [9.17, 15) is 8.42 Å². The van der Waals surface area contributed by atoms with Gasteiger partial charge < -0.3 is 0 Å². The number of imidazole rings is 1. The quantitative estimate of drug-likeness (QED) is 0.826. The molecule has 0 fully saturated rings. The highest BCUT2D eigenvalue weighted by Gasteiger charge is 2.23. The van der Waals surface area contributed by atoms with Crippen molar-refractivity contribution in [2.24, 2.45) is 0 Å². The predicted molar refractivity (Wildman–Crippen MR) is 74.9 cm³/mol. The summed E-state index contributed by atoms with van der Waals surface area (Å²) in [5.74, 6) is 0. The summed E-state index contributed by atoms with van der Waals surface area (Å²) in [5, 5.41) is 8.30. The van der Waals surface area contributed by atoms with E-state index < -0.39 is 10.0 Å². The van der Waals surface area contributed by atoms with E-state index in [1.807, 2.05) is 6.07 Å². The van der Waals surface area contributed by atoms with Crippen LogP contribution in [-0.4, -0.2) is 24.3 Å². The number of fused-ring (bicyclic) bond motifs is 1. The molecule has 0 spiro atoms. The van der Waals surface area contributed by atoms with Gasteiger partial charge in [0, 0.05) is 19.2 Å². The first-order chi connectivity index (χ1) is 9.56. The van der Waals surface area contributed by atoms with Gasteiger partial charge >= 0.3 is 0 Å². The van der Waals surface area contributed by atoms with Gasteiger partial charge in [-0.25, -0.2) is 18.1 Å². The lowest BCUT2D eigenvalue weighted by Gasteiger charge is -2.06. The molecule has 6 nitrogen and oxygen atoms in total. The zero-order valence-electron chi connectivity index (χ0n) is 10.6. The zero-order chi connectivity index (χ0) is 14.6. The maximum atomic E-state index is 12.2. The third kappa shape index (κ3) is 3.10. The fourth-order valence-electron chi connectivity index (χ4n) is 1.79. The lowest BCUT2D eigenvalue weighted by atomic mass is 10.2. The van der Waals surface area contributed by atoms with Crippen molar-refractivity contribution in [1.29, 1.82) is 5.26 Å². The van der Waals surface area contributed by atoms with Crippen LogP contribution in [0.3, 0.4) is 0 Å². The Balaban J connectivity index is 2.20. The second-order valence-electron chi connectivity index (χ2n) is 4.15. The lowest BCUT2D eigenvalue weighted by Crippen LogP contribution is -2.26. The Morgan fingerprint density at radius 1 is 1.40 bits per heavy atom. The molecule has 0 aliphatic heterocycles. The second kappa shape index (κ2) is 6.22. The van der Waals surface area contributed by atoms with Crippen molar-refractivity contribution >= 4 is 27.3 Å². The van der Waals surface area contributed by atoms with E-state index in [1.54, 1.807) is 24.4 Å². The Labute approximate surface area is 122 Å². The minimum Gasteiger partial charge on any atom is -0.288 e. The van der Waals surface area contributed by atoms with Gasteiger partial charge in [-0.15, -0.1) is 0 Å². The lowest BCUT2D eigenvalue weighted by molar-refractivity contribution is 0.572. The number of hydrogen-bond donors (Lipinski definition) is 1. The molecule has 0 unspecified atom stereocenters. The molecule has 0 atom stereocenters.